The highest BCUT2D eigenvalue weighted by atomic mass is 35.5. The molecule has 0 bridgehead atoms. The number of hydrogen-bond donors (Lipinski definition) is 1. The Kier molecular flexibility index (Phi) is 6.62. The molecule has 0 unspecified atom stereocenters. The Morgan fingerprint density at radius 2 is 2.12 bits per heavy atom. The molecule has 1 N–H and O–H groups in total. The van der Waals surface area contributed by atoms with Crippen molar-refractivity contribution in [3.63, 3.8) is 0 Å². The van der Waals surface area contributed by atoms with E-state index in [9.17, 15) is 0 Å². The van der Waals surface area contributed by atoms with Gasteiger partial charge in [-0.2, -0.15) is 4.37 Å². The molecule has 0 amide bonds. The van der Waals surface area contributed by atoms with E-state index in [2.05, 4.69) is 41.4 Å². The molecule has 0 spiro atoms. The normalized spacial score (nSPS) is 15.4. The number of piperazine rings is 1. The summed E-state index contributed by atoms with van der Waals surface area (Å²) in [5.74, 6) is 1.87. The highest BCUT2D eigenvalue weighted by Crippen LogP contribution is 2.19. The zero-order chi connectivity index (χ0) is 18.4. The number of anilines is 1. The van der Waals surface area contributed by atoms with Crippen LogP contribution in [0, 0.1) is 0 Å². The minimum atomic E-state index is 0.525. The van der Waals surface area contributed by atoms with Gasteiger partial charge in [0.2, 0.25) is 5.13 Å². The Labute approximate surface area is 163 Å². The van der Waals surface area contributed by atoms with Crippen LogP contribution in [-0.4, -0.2) is 65.0 Å². The monoisotopic (exact) mass is 393 g/mol. The summed E-state index contributed by atoms with van der Waals surface area (Å²) in [5, 5.41) is 4.99. The summed E-state index contributed by atoms with van der Waals surface area (Å²) in [7, 11) is 1.83. The number of guanidine groups is 1. The number of nitrogens with one attached hydrogen (secondary N) is 1. The van der Waals surface area contributed by atoms with Crippen LogP contribution in [0.2, 0.25) is 5.15 Å². The van der Waals surface area contributed by atoms with Gasteiger partial charge in [-0.05, 0) is 18.1 Å². The molecule has 3 heterocycles. The van der Waals surface area contributed by atoms with Crippen LogP contribution >= 0.6 is 23.1 Å². The number of halogens is 1. The maximum Gasteiger partial charge on any atom is 0.205 e. The molecule has 9 heteroatoms. The van der Waals surface area contributed by atoms with Gasteiger partial charge in [-0.1, -0.05) is 24.6 Å². The molecule has 26 heavy (non-hydrogen) atoms. The topological polar surface area (TPSA) is 69.5 Å². The summed E-state index contributed by atoms with van der Waals surface area (Å²) in [5.41, 5.74) is 1.16. The Bertz CT molecular complexity index is 723. The molecule has 0 atom stereocenters. The highest BCUT2D eigenvalue weighted by molar-refractivity contribution is 7.09. The van der Waals surface area contributed by atoms with Crippen molar-refractivity contribution < 1.29 is 0 Å². The fourth-order valence-electron chi connectivity index (χ4n) is 2.83. The fourth-order valence-corrected chi connectivity index (χ4v) is 3.74. The first-order valence-electron chi connectivity index (χ1n) is 8.83. The Morgan fingerprint density at radius 3 is 2.73 bits per heavy atom. The third kappa shape index (κ3) is 4.82. The molecular formula is C17H24ClN7S. The van der Waals surface area contributed by atoms with E-state index in [1.807, 2.05) is 25.4 Å². The third-order valence-corrected chi connectivity index (χ3v) is 5.36. The van der Waals surface area contributed by atoms with Gasteiger partial charge in [-0.25, -0.2) is 9.97 Å². The lowest BCUT2D eigenvalue weighted by atomic mass is 10.2. The number of pyridine rings is 1. The molecular weight excluding hydrogens is 370 g/mol. The van der Waals surface area contributed by atoms with Gasteiger partial charge in [0.05, 0.1) is 0 Å². The zero-order valence-corrected chi connectivity index (χ0v) is 16.7. The molecule has 140 valence electrons. The zero-order valence-electron chi connectivity index (χ0n) is 15.2. The van der Waals surface area contributed by atoms with E-state index >= 15 is 0 Å². The number of nitrogens with zero attached hydrogens (tertiary/aromatic N) is 6. The number of rotatable bonds is 5. The second-order valence-corrected chi connectivity index (χ2v) is 7.15. The van der Waals surface area contributed by atoms with Crippen molar-refractivity contribution in [1.82, 2.24) is 24.6 Å². The average molecular weight is 394 g/mol. The van der Waals surface area contributed by atoms with Crippen LogP contribution in [0.15, 0.2) is 23.3 Å². The van der Waals surface area contributed by atoms with E-state index in [1.54, 1.807) is 0 Å². The standard InChI is InChI=1S/C17H24ClN7S/c1-3-15-22-17(26-23-15)25-10-8-24(9-11-25)16(19-2)20-7-6-13-4-5-14(18)21-12-13/h4-5,12H,3,6-11H2,1-2H3,(H,19,20). The lowest BCUT2D eigenvalue weighted by molar-refractivity contribution is 0.372. The van der Waals surface area contributed by atoms with Crippen LogP contribution in [0.1, 0.15) is 18.3 Å². The number of aromatic nitrogens is 3. The summed E-state index contributed by atoms with van der Waals surface area (Å²) in [6, 6.07) is 3.83. The summed E-state index contributed by atoms with van der Waals surface area (Å²) < 4.78 is 4.38. The van der Waals surface area contributed by atoms with Crippen molar-refractivity contribution >= 4 is 34.2 Å². The number of aryl methyl sites for hydroxylation is 1. The van der Waals surface area contributed by atoms with Crippen molar-refractivity contribution in [3.05, 3.63) is 34.9 Å². The summed E-state index contributed by atoms with van der Waals surface area (Å²) >= 11 is 7.32. The van der Waals surface area contributed by atoms with Crippen LogP contribution < -0.4 is 10.2 Å². The molecule has 0 radical (unpaired) electrons. The van der Waals surface area contributed by atoms with Gasteiger partial charge in [-0.3, -0.25) is 4.99 Å². The molecule has 7 nitrogen and oxygen atoms in total. The second kappa shape index (κ2) is 9.14. The maximum absolute atomic E-state index is 5.82. The first-order chi connectivity index (χ1) is 12.7. The van der Waals surface area contributed by atoms with Gasteiger partial charge in [-0.15, -0.1) is 0 Å². The summed E-state index contributed by atoms with van der Waals surface area (Å²) in [4.78, 5) is 17.7. The van der Waals surface area contributed by atoms with Crippen molar-refractivity contribution in [2.75, 3.05) is 44.7 Å². The smallest absolute Gasteiger partial charge is 0.205 e. The Hall–Kier alpha value is -1.93. The van der Waals surface area contributed by atoms with E-state index in [1.165, 1.54) is 11.5 Å². The predicted molar refractivity (Wildman–Crippen MR) is 107 cm³/mol. The quantitative estimate of drug-likeness (QED) is 0.476. The molecule has 1 aliphatic heterocycles. The lowest BCUT2D eigenvalue weighted by Crippen LogP contribution is -2.52. The van der Waals surface area contributed by atoms with Crippen LogP contribution in [0.4, 0.5) is 5.13 Å². The first-order valence-corrected chi connectivity index (χ1v) is 9.98. The molecule has 2 aromatic heterocycles. The van der Waals surface area contributed by atoms with E-state index in [0.717, 1.165) is 68.0 Å². The number of aliphatic imine (C=N–C) groups is 1. The van der Waals surface area contributed by atoms with Gasteiger partial charge in [0, 0.05) is 63.9 Å². The average Bonchev–Trinajstić information content (AvgIpc) is 3.16. The van der Waals surface area contributed by atoms with E-state index in [0.29, 0.717) is 5.15 Å². The fraction of sp³-hybridized carbons (Fsp3) is 0.529. The van der Waals surface area contributed by atoms with Crippen molar-refractivity contribution in [2.24, 2.45) is 4.99 Å². The second-order valence-electron chi connectivity index (χ2n) is 6.03. The predicted octanol–water partition coefficient (Wildman–Crippen LogP) is 2.09. The van der Waals surface area contributed by atoms with Gasteiger partial charge in [0.1, 0.15) is 11.0 Å². The van der Waals surface area contributed by atoms with Crippen LogP contribution in [0.5, 0.6) is 0 Å². The molecule has 1 aliphatic rings. The number of hydrogen-bond acceptors (Lipinski definition) is 6. The van der Waals surface area contributed by atoms with Crippen molar-refractivity contribution in [3.8, 4) is 0 Å². The maximum atomic E-state index is 5.82. The van der Waals surface area contributed by atoms with Crippen molar-refractivity contribution in [1.29, 1.82) is 0 Å². The lowest BCUT2D eigenvalue weighted by Gasteiger charge is -2.36. The minimum Gasteiger partial charge on any atom is -0.356 e. The Balaban J connectivity index is 1.46. The Morgan fingerprint density at radius 1 is 1.31 bits per heavy atom. The third-order valence-electron chi connectivity index (χ3n) is 4.32. The molecule has 0 aliphatic carbocycles. The van der Waals surface area contributed by atoms with Gasteiger partial charge in [0.15, 0.2) is 5.96 Å². The minimum absolute atomic E-state index is 0.525. The van der Waals surface area contributed by atoms with Crippen LogP contribution in [0.25, 0.3) is 0 Å². The summed E-state index contributed by atoms with van der Waals surface area (Å²) in [6.07, 6.45) is 3.59. The molecule has 0 saturated carbocycles. The molecule has 0 aromatic carbocycles. The molecule has 1 saturated heterocycles. The van der Waals surface area contributed by atoms with Gasteiger partial charge < -0.3 is 15.1 Å². The van der Waals surface area contributed by atoms with Gasteiger partial charge >= 0.3 is 0 Å². The van der Waals surface area contributed by atoms with E-state index < -0.39 is 0 Å². The molecule has 2 aromatic rings. The summed E-state index contributed by atoms with van der Waals surface area (Å²) in [6.45, 7) is 6.60. The molecule has 3 rings (SSSR count). The first kappa shape index (κ1) is 18.8. The molecule has 1 fully saturated rings. The largest absolute Gasteiger partial charge is 0.356 e. The van der Waals surface area contributed by atoms with E-state index in [-0.39, 0.29) is 0 Å². The van der Waals surface area contributed by atoms with Gasteiger partial charge in [0.25, 0.3) is 0 Å². The highest BCUT2D eigenvalue weighted by Gasteiger charge is 2.21. The van der Waals surface area contributed by atoms with Crippen LogP contribution in [-0.2, 0) is 12.8 Å². The van der Waals surface area contributed by atoms with E-state index in [4.69, 9.17) is 11.6 Å². The van der Waals surface area contributed by atoms with Crippen LogP contribution in [0.3, 0.4) is 0 Å². The SMILES string of the molecule is CCc1nsc(N2CCN(C(=NC)NCCc3ccc(Cl)nc3)CC2)n1. The van der Waals surface area contributed by atoms with Crippen molar-refractivity contribution in [2.45, 2.75) is 19.8 Å².